The lowest BCUT2D eigenvalue weighted by molar-refractivity contribution is -0.122. The average molecular weight is 388 g/mol. The molecular weight excluding hydrogens is 359 g/mol. The van der Waals surface area contributed by atoms with Crippen LogP contribution >= 0.6 is 0 Å². The Kier molecular flexibility index (Phi) is 5.35. The summed E-state index contributed by atoms with van der Waals surface area (Å²) < 4.78 is 13.4. The zero-order valence-electron chi connectivity index (χ0n) is 16.6. The SMILES string of the molecule is CC1(C)NNC(CCCCN2CCN(c3n[nH]c4cc(F)ccc34)CC2)C1=O. The van der Waals surface area contributed by atoms with Gasteiger partial charge in [-0.05, 0) is 51.4 Å². The molecule has 3 heterocycles. The minimum atomic E-state index is -0.455. The Balaban J connectivity index is 1.21. The van der Waals surface area contributed by atoms with Gasteiger partial charge in [-0.25, -0.2) is 15.2 Å². The molecule has 4 rings (SSSR count). The van der Waals surface area contributed by atoms with E-state index in [1.165, 1.54) is 12.1 Å². The molecule has 2 aliphatic rings. The third kappa shape index (κ3) is 3.90. The van der Waals surface area contributed by atoms with Crippen molar-refractivity contribution in [3.63, 3.8) is 0 Å². The minimum absolute atomic E-state index is 0.0652. The van der Waals surface area contributed by atoms with Gasteiger partial charge in [0.05, 0.1) is 17.1 Å². The fourth-order valence-electron chi connectivity index (χ4n) is 4.12. The van der Waals surface area contributed by atoms with E-state index in [-0.39, 0.29) is 17.6 Å². The summed E-state index contributed by atoms with van der Waals surface area (Å²) in [4.78, 5) is 16.9. The van der Waals surface area contributed by atoms with Gasteiger partial charge in [-0.1, -0.05) is 6.42 Å². The Morgan fingerprint density at radius 3 is 2.71 bits per heavy atom. The van der Waals surface area contributed by atoms with Crippen molar-refractivity contribution in [3.05, 3.63) is 24.0 Å². The molecule has 0 amide bonds. The number of benzene rings is 1. The van der Waals surface area contributed by atoms with Crippen LogP contribution in [0.2, 0.25) is 0 Å². The normalized spacial score (nSPS) is 23.0. The molecule has 28 heavy (non-hydrogen) atoms. The van der Waals surface area contributed by atoms with Crippen molar-refractivity contribution in [1.29, 1.82) is 0 Å². The molecule has 0 spiro atoms. The molecule has 0 aliphatic carbocycles. The van der Waals surface area contributed by atoms with Crippen LogP contribution in [0.15, 0.2) is 18.2 Å². The summed E-state index contributed by atoms with van der Waals surface area (Å²) in [6.07, 6.45) is 3.01. The molecule has 0 bridgehead atoms. The van der Waals surface area contributed by atoms with Crippen LogP contribution < -0.4 is 15.8 Å². The average Bonchev–Trinajstić information content (AvgIpc) is 3.20. The number of halogens is 1. The molecule has 2 saturated heterocycles. The Labute approximate surface area is 164 Å². The summed E-state index contributed by atoms with van der Waals surface area (Å²) >= 11 is 0. The number of anilines is 1. The number of hydrazine groups is 1. The molecule has 8 heteroatoms. The lowest BCUT2D eigenvalue weighted by atomic mass is 9.94. The maximum absolute atomic E-state index is 13.4. The van der Waals surface area contributed by atoms with E-state index in [0.717, 1.165) is 68.7 Å². The summed E-state index contributed by atoms with van der Waals surface area (Å²) in [7, 11) is 0. The van der Waals surface area contributed by atoms with Crippen molar-refractivity contribution in [1.82, 2.24) is 25.9 Å². The van der Waals surface area contributed by atoms with Gasteiger partial charge >= 0.3 is 0 Å². The molecule has 1 aromatic heterocycles. The number of nitrogens with zero attached hydrogens (tertiary/aromatic N) is 3. The summed E-state index contributed by atoms with van der Waals surface area (Å²) in [5, 5.41) is 8.30. The van der Waals surface area contributed by atoms with Gasteiger partial charge in [-0.2, -0.15) is 5.10 Å². The number of piperazine rings is 1. The summed E-state index contributed by atoms with van der Waals surface area (Å²) in [6.45, 7) is 8.70. The van der Waals surface area contributed by atoms with Crippen LogP contribution in [0.25, 0.3) is 10.9 Å². The number of hydrogen-bond donors (Lipinski definition) is 3. The monoisotopic (exact) mass is 388 g/mol. The number of Topliss-reactive ketones (excluding diaryl/α,β-unsaturated/α-hetero) is 1. The van der Waals surface area contributed by atoms with Crippen LogP contribution in [0.5, 0.6) is 0 Å². The maximum atomic E-state index is 13.4. The molecule has 0 radical (unpaired) electrons. The van der Waals surface area contributed by atoms with Crippen molar-refractivity contribution < 1.29 is 9.18 Å². The van der Waals surface area contributed by atoms with Crippen LogP contribution in [0.4, 0.5) is 10.2 Å². The number of H-pyrrole nitrogens is 1. The second-order valence-electron chi connectivity index (χ2n) is 8.37. The second-order valence-corrected chi connectivity index (χ2v) is 8.37. The standard InChI is InChI=1S/C20H29FN6O/c1-20(2)18(28)16(23-25-20)5-3-4-8-26-9-11-27(12-10-26)19-15-7-6-14(21)13-17(15)22-24-19/h6-7,13,16,23,25H,3-5,8-12H2,1-2H3,(H,22,24). The van der Waals surface area contributed by atoms with Crippen LogP contribution in [-0.4, -0.2) is 65.2 Å². The molecule has 2 aromatic rings. The maximum Gasteiger partial charge on any atom is 0.171 e. The first kappa shape index (κ1) is 19.3. The van der Waals surface area contributed by atoms with Gasteiger partial charge in [0.25, 0.3) is 0 Å². The zero-order valence-corrected chi connectivity index (χ0v) is 16.6. The van der Waals surface area contributed by atoms with Crippen molar-refractivity contribution in [2.24, 2.45) is 0 Å². The third-order valence-electron chi connectivity index (χ3n) is 5.89. The van der Waals surface area contributed by atoms with Gasteiger partial charge in [0.1, 0.15) is 5.82 Å². The van der Waals surface area contributed by atoms with Crippen LogP contribution in [-0.2, 0) is 4.79 Å². The van der Waals surface area contributed by atoms with Crippen LogP contribution in [0.3, 0.4) is 0 Å². The number of rotatable bonds is 6. The van der Waals surface area contributed by atoms with E-state index in [9.17, 15) is 9.18 Å². The van der Waals surface area contributed by atoms with E-state index < -0.39 is 5.54 Å². The number of carbonyl (C=O) groups excluding carboxylic acids is 1. The van der Waals surface area contributed by atoms with Gasteiger partial charge in [0, 0.05) is 31.6 Å². The molecule has 2 aliphatic heterocycles. The van der Waals surface area contributed by atoms with E-state index in [4.69, 9.17) is 0 Å². The van der Waals surface area contributed by atoms with Crippen molar-refractivity contribution in [2.45, 2.75) is 44.7 Å². The van der Waals surface area contributed by atoms with E-state index in [2.05, 4.69) is 30.8 Å². The van der Waals surface area contributed by atoms with E-state index in [1.807, 2.05) is 13.8 Å². The van der Waals surface area contributed by atoms with Crippen molar-refractivity contribution >= 4 is 22.5 Å². The van der Waals surface area contributed by atoms with Crippen LogP contribution in [0.1, 0.15) is 33.1 Å². The fourth-order valence-corrected chi connectivity index (χ4v) is 4.12. The van der Waals surface area contributed by atoms with Gasteiger partial charge in [-0.15, -0.1) is 0 Å². The molecule has 0 saturated carbocycles. The highest BCUT2D eigenvalue weighted by atomic mass is 19.1. The predicted molar refractivity (Wildman–Crippen MR) is 108 cm³/mol. The lowest BCUT2D eigenvalue weighted by Crippen LogP contribution is -2.46. The van der Waals surface area contributed by atoms with E-state index in [0.29, 0.717) is 0 Å². The smallest absolute Gasteiger partial charge is 0.171 e. The van der Waals surface area contributed by atoms with Crippen LogP contribution in [0, 0.1) is 5.82 Å². The number of carbonyl (C=O) groups is 1. The van der Waals surface area contributed by atoms with Gasteiger partial charge in [-0.3, -0.25) is 14.8 Å². The molecule has 152 valence electrons. The number of aromatic nitrogens is 2. The predicted octanol–water partition coefficient (Wildman–Crippen LogP) is 1.82. The molecule has 7 nitrogen and oxygen atoms in total. The van der Waals surface area contributed by atoms with E-state index >= 15 is 0 Å². The fraction of sp³-hybridized carbons (Fsp3) is 0.600. The molecular formula is C20H29FN6O. The molecule has 3 N–H and O–H groups in total. The lowest BCUT2D eigenvalue weighted by Gasteiger charge is -2.35. The van der Waals surface area contributed by atoms with Gasteiger partial charge < -0.3 is 4.90 Å². The first-order valence-corrected chi connectivity index (χ1v) is 10.1. The summed E-state index contributed by atoms with van der Waals surface area (Å²) in [5.74, 6) is 0.921. The highest BCUT2D eigenvalue weighted by molar-refractivity contribution is 5.94. The summed E-state index contributed by atoms with van der Waals surface area (Å²) in [5.41, 5.74) is 6.48. The Morgan fingerprint density at radius 2 is 2.00 bits per heavy atom. The largest absolute Gasteiger partial charge is 0.352 e. The van der Waals surface area contributed by atoms with E-state index in [1.54, 1.807) is 6.07 Å². The molecule has 2 fully saturated rings. The number of aromatic amines is 1. The first-order chi connectivity index (χ1) is 13.4. The van der Waals surface area contributed by atoms with Gasteiger partial charge in [0.2, 0.25) is 0 Å². The third-order valence-corrected chi connectivity index (χ3v) is 5.89. The molecule has 1 unspecified atom stereocenters. The highest BCUT2D eigenvalue weighted by Gasteiger charge is 2.39. The molecule has 1 atom stereocenters. The number of hydrogen-bond acceptors (Lipinski definition) is 6. The number of unbranched alkanes of at least 4 members (excludes halogenated alkanes) is 1. The number of ketones is 1. The first-order valence-electron chi connectivity index (χ1n) is 10.1. The Bertz CT molecular complexity index is 842. The van der Waals surface area contributed by atoms with Crippen molar-refractivity contribution in [3.8, 4) is 0 Å². The minimum Gasteiger partial charge on any atom is -0.352 e. The Morgan fingerprint density at radius 1 is 1.21 bits per heavy atom. The number of fused-ring (bicyclic) bond motifs is 1. The second kappa shape index (κ2) is 7.77. The highest BCUT2D eigenvalue weighted by Crippen LogP contribution is 2.25. The van der Waals surface area contributed by atoms with Crippen molar-refractivity contribution in [2.75, 3.05) is 37.6 Å². The summed E-state index contributed by atoms with van der Waals surface area (Å²) in [6, 6.07) is 4.70. The Hall–Kier alpha value is -2.03. The number of nitrogens with one attached hydrogen (secondary N) is 3. The topological polar surface area (TPSA) is 76.3 Å². The molecule has 1 aromatic carbocycles. The quantitative estimate of drug-likeness (QED) is 0.656. The van der Waals surface area contributed by atoms with Gasteiger partial charge in [0.15, 0.2) is 11.6 Å². The zero-order chi connectivity index (χ0) is 19.7.